The molecule has 2 aromatic rings. The molecule has 0 saturated heterocycles. The first-order chi connectivity index (χ1) is 10.1. The van der Waals surface area contributed by atoms with Gasteiger partial charge in [-0.15, -0.1) is 0 Å². The number of aromatic amines is 1. The fourth-order valence-corrected chi connectivity index (χ4v) is 2.97. The summed E-state index contributed by atoms with van der Waals surface area (Å²) >= 11 is 0. The van der Waals surface area contributed by atoms with E-state index in [9.17, 15) is 8.42 Å². The van der Waals surface area contributed by atoms with Crippen LogP contribution < -0.4 is 4.72 Å². The molecule has 0 radical (unpaired) electrons. The summed E-state index contributed by atoms with van der Waals surface area (Å²) in [6.07, 6.45) is 3.55. The molecular weight excluding hydrogens is 292 g/mol. The molecule has 7 nitrogen and oxygen atoms in total. The summed E-state index contributed by atoms with van der Waals surface area (Å²) in [6.45, 7) is 2.08. The van der Waals surface area contributed by atoms with Crippen LogP contribution in [0.2, 0.25) is 0 Å². The Morgan fingerprint density at radius 2 is 2.19 bits per heavy atom. The van der Waals surface area contributed by atoms with Gasteiger partial charge >= 0.3 is 0 Å². The van der Waals surface area contributed by atoms with E-state index in [1.165, 1.54) is 13.3 Å². The molecule has 0 aliphatic heterocycles. The highest BCUT2D eigenvalue weighted by Crippen LogP contribution is 2.15. The first-order valence-corrected chi connectivity index (χ1v) is 8.01. The third kappa shape index (κ3) is 3.87. The number of pyridine rings is 1. The molecule has 0 saturated carbocycles. The normalized spacial score (nSPS) is 13.2. The molecule has 21 heavy (non-hydrogen) atoms. The van der Waals surface area contributed by atoms with Gasteiger partial charge in [-0.05, 0) is 12.1 Å². The van der Waals surface area contributed by atoms with E-state index in [0.717, 1.165) is 0 Å². The number of hydrogen-bond donors (Lipinski definition) is 2. The Kier molecular flexibility index (Phi) is 5.05. The number of methoxy groups -OCH3 is 1. The first-order valence-electron chi connectivity index (χ1n) is 6.53. The predicted octanol–water partition coefficient (Wildman–Crippen LogP) is 1.03. The summed E-state index contributed by atoms with van der Waals surface area (Å²) in [5.41, 5.74) is 0.596. The van der Waals surface area contributed by atoms with Gasteiger partial charge in [-0.2, -0.15) is 4.72 Å². The summed E-state index contributed by atoms with van der Waals surface area (Å²) in [5.74, 6) is 0.622. The molecule has 2 aromatic heterocycles. The second-order valence-electron chi connectivity index (χ2n) is 4.43. The van der Waals surface area contributed by atoms with E-state index in [2.05, 4.69) is 19.7 Å². The number of imidazole rings is 1. The van der Waals surface area contributed by atoms with Crippen molar-refractivity contribution >= 4 is 10.0 Å². The van der Waals surface area contributed by atoms with Crippen LogP contribution in [-0.4, -0.2) is 37.1 Å². The van der Waals surface area contributed by atoms with Gasteiger partial charge in [0.15, 0.2) is 5.03 Å². The Morgan fingerprint density at radius 3 is 2.76 bits per heavy atom. The Bertz CT molecular complexity index is 670. The van der Waals surface area contributed by atoms with Gasteiger partial charge in [0.1, 0.15) is 5.82 Å². The molecule has 2 rings (SSSR count). The maximum absolute atomic E-state index is 12.4. The summed E-state index contributed by atoms with van der Waals surface area (Å²) < 4.78 is 32.4. The van der Waals surface area contributed by atoms with Crippen molar-refractivity contribution in [3.8, 4) is 0 Å². The fourth-order valence-electron chi connectivity index (χ4n) is 1.84. The number of H-pyrrole nitrogens is 1. The Balaban J connectivity index is 2.23. The third-order valence-corrected chi connectivity index (χ3v) is 4.29. The fraction of sp³-hybridized carbons (Fsp3) is 0.385. The number of sulfonamides is 1. The maximum Gasteiger partial charge on any atom is 0.258 e. The lowest BCUT2D eigenvalue weighted by atomic mass is 10.2. The minimum Gasteiger partial charge on any atom is -0.383 e. The lowest BCUT2D eigenvalue weighted by Gasteiger charge is -2.16. The van der Waals surface area contributed by atoms with Gasteiger partial charge in [0.25, 0.3) is 10.0 Å². The molecule has 114 valence electrons. The zero-order valence-corrected chi connectivity index (χ0v) is 12.7. The van der Waals surface area contributed by atoms with E-state index in [4.69, 9.17) is 4.74 Å². The summed E-state index contributed by atoms with van der Waals surface area (Å²) in [5, 5.41) is 0.0383. The van der Waals surface area contributed by atoms with E-state index in [-0.39, 0.29) is 11.6 Å². The highest BCUT2D eigenvalue weighted by molar-refractivity contribution is 7.89. The van der Waals surface area contributed by atoms with Gasteiger partial charge in [0.05, 0.1) is 24.5 Å². The highest BCUT2D eigenvalue weighted by atomic mass is 32.2. The second kappa shape index (κ2) is 6.79. The molecule has 0 unspecified atom stereocenters. The zero-order chi connectivity index (χ0) is 15.3. The molecule has 0 bridgehead atoms. The smallest absolute Gasteiger partial charge is 0.258 e. The maximum atomic E-state index is 12.4. The zero-order valence-electron chi connectivity index (χ0n) is 11.9. The van der Waals surface area contributed by atoms with Crippen molar-refractivity contribution in [1.29, 1.82) is 0 Å². The van der Waals surface area contributed by atoms with E-state index in [1.807, 2.05) is 6.92 Å². The summed E-state index contributed by atoms with van der Waals surface area (Å²) in [4.78, 5) is 10.9. The average Bonchev–Trinajstić information content (AvgIpc) is 2.97. The first kappa shape index (κ1) is 15.6. The Labute approximate surface area is 123 Å². The molecule has 0 aliphatic rings. The molecule has 1 atom stereocenters. The van der Waals surface area contributed by atoms with Crippen molar-refractivity contribution in [3.63, 3.8) is 0 Å². The lowest BCUT2D eigenvalue weighted by molar-refractivity contribution is 0.174. The number of rotatable bonds is 7. The molecule has 0 spiro atoms. The van der Waals surface area contributed by atoms with Crippen molar-refractivity contribution < 1.29 is 13.2 Å². The van der Waals surface area contributed by atoms with Gasteiger partial charge in [0.2, 0.25) is 0 Å². The minimum absolute atomic E-state index is 0.0383. The second-order valence-corrected chi connectivity index (χ2v) is 6.11. The lowest BCUT2D eigenvalue weighted by Crippen LogP contribution is -2.32. The molecule has 2 N–H and O–H groups in total. The standard InChI is InChI=1S/C13H18N4O3S/c1-3-12-15-8-13(16-12)21(18,19)17-11(9-20-2)10-6-4-5-7-14-10/h4-8,11,17H,3,9H2,1-2H3,(H,15,16)/t11-/m0/s1. The largest absolute Gasteiger partial charge is 0.383 e. The van der Waals surface area contributed by atoms with E-state index < -0.39 is 16.1 Å². The number of nitrogens with one attached hydrogen (secondary N) is 2. The van der Waals surface area contributed by atoms with E-state index in [1.54, 1.807) is 24.4 Å². The van der Waals surface area contributed by atoms with Crippen LogP contribution in [0.25, 0.3) is 0 Å². The molecular formula is C13H18N4O3S. The van der Waals surface area contributed by atoms with Crippen LogP contribution in [0.5, 0.6) is 0 Å². The van der Waals surface area contributed by atoms with Crippen LogP contribution in [0.4, 0.5) is 0 Å². The molecule has 0 aliphatic carbocycles. The van der Waals surface area contributed by atoms with Gasteiger partial charge < -0.3 is 9.72 Å². The van der Waals surface area contributed by atoms with Crippen LogP contribution >= 0.6 is 0 Å². The van der Waals surface area contributed by atoms with Crippen molar-refractivity contribution in [3.05, 3.63) is 42.1 Å². The third-order valence-electron chi connectivity index (χ3n) is 2.91. The monoisotopic (exact) mass is 310 g/mol. The molecule has 8 heteroatoms. The molecule has 0 fully saturated rings. The van der Waals surface area contributed by atoms with Crippen molar-refractivity contribution in [2.75, 3.05) is 13.7 Å². The van der Waals surface area contributed by atoms with Gasteiger partial charge in [-0.25, -0.2) is 13.4 Å². The highest BCUT2D eigenvalue weighted by Gasteiger charge is 2.23. The van der Waals surface area contributed by atoms with Crippen molar-refractivity contribution in [1.82, 2.24) is 19.7 Å². The summed E-state index contributed by atoms with van der Waals surface area (Å²) in [6, 6.07) is 4.75. The number of aromatic nitrogens is 3. The van der Waals surface area contributed by atoms with Gasteiger partial charge in [-0.3, -0.25) is 4.98 Å². The van der Waals surface area contributed by atoms with Gasteiger partial charge in [-0.1, -0.05) is 13.0 Å². The summed E-state index contributed by atoms with van der Waals surface area (Å²) in [7, 11) is -2.20. The van der Waals surface area contributed by atoms with Crippen molar-refractivity contribution in [2.24, 2.45) is 0 Å². The topological polar surface area (TPSA) is 97.0 Å². The number of nitrogens with zero attached hydrogens (tertiary/aromatic N) is 2. The predicted molar refractivity (Wildman–Crippen MR) is 77.1 cm³/mol. The van der Waals surface area contributed by atoms with E-state index >= 15 is 0 Å². The molecule has 0 aromatic carbocycles. The number of ether oxygens (including phenoxy) is 1. The van der Waals surface area contributed by atoms with Crippen LogP contribution in [-0.2, 0) is 21.2 Å². The van der Waals surface area contributed by atoms with Crippen molar-refractivity contribution in [2.45, 2.75) is 24.4 Å². The van der Waals surface area contributed by atoms with Crippen LogP contribution in [0.1, 0.15) is 24.5 Å². The average molecular weight is 310 g/mol. The SMILES string of the molecule is CCc1ncc(S(=O)(=O)N[C@@H](COC)c2ccccn2)[nH]1. The van der Waals surface area contributed by atoms with Crippen LogP contribution in [0.15, 0.2) is 35.6 Å². The number of aryl methyl sites for hydroxylation is 1. The van der Waals surface area contributed by atoms with E-state index in [0.29, 0.717) is 17.9 Å². The van der Waals surface area contributed by atoms with Crippen LogP contribution in [0.3, 0.4) is 0 Å². The quantitative estimate of drug-likeness (QED) is 0.796. The Hall–Kier alpha value is -1.77. The van der Waals surface area contributed by atoms with Crippen LogP contribution in [0, 0.1) is 0 Å². The minimum atomic E-state index is -3.71. The number of hydrogen-bond acceptors (Lipinski definition) is 5. The Morgan fingerprint density at radius 1 is 1.38 bits per heavy atom. The molecule has 2 heterocycles. The molecule has 0 amide bonds. The van der Waals surface area contributed by atoms with Gasteiger partial charge in [0, 0.05) is 19.7 Å².